The van der Waals surface area contributed by atoms with Gasteiger partial charge >= 0.3 is 0 Å². The summed E-state index contributed by atoms with van der Waals surface area (Å²) in [7, 11) is 0. The summed E-state index contributed by atoms with van der Waals surface area (Å²) in [4.78, 5) is 0. The van der Waals surface area contributed by atoms with E-state index in [2.05, 4.69) is 29.6 Å². The molecule has 2 heteroatoms. The Kier molecular flexibility index (Phi) is 6.37. The number of allylic oxidation sites excluding steroid dienone is 4. The van der Waals surface area contributed by atoms with Crippen LogP contribution in [0.4, 0.5) is 0 Å². The van der Waals surface area contributed by atoms with Crippen molar-refractivity contribution in [2.75, 3.05) is 19.6 Å². The summed E-state index contributed by atoms with van der Waals surface area (Å²) < 4.78 is 0. The lowest BCUT2D eigenvalue weighted by molar-refractivity contribution is 0.570. The molecule has 0 saturated carbocycles. The van der Waals surface area contributed by atoms with E-state index < -0.39 is 0 Å². The van der Waals surface area contributed by atoms with E-state index in [4.69, 9.17) is 5.73 Å². The molecule has 0 saturated heterocycles. The number of nitrogens with one attached hydrogen (secondary N) is 1. The molecule has 0 amide bonds. The smallest absolute Gasteiger partial charge is 0.00369 e. The minimum Gasteiger partial charge on any atom is -0.330 e. The second kappa shape index (κ2) is 7.77. The van der Waals surface area contributed by atoms with Crippen molar-refractivity contribution in [3.05, 3.63) is 24.3 Å². The second-order valence-electron chi connectivity index (χ2n) is 3.82. The Morgan fingerprint density at radius 2 is 1.71 bits per heavy atom. The van der Waals surface area contributed by atoms with E-state index in [1.165, 1.54) is 19.3 Å². The van der Waals surface area contributed by atoms with Gasteiger partial charge in [0.1, 0.15) is 0 Å². The molecule has 1 rings (SSSR count). The van der Waals surface area contributed by atoms with Crippen LogP contribution < -0.4 is 11.1 Å². The number of hydrogen-bond donors (Lipinski definition) is 2. The molecule has 0 aromatic heterocycles. The maximum absolute atomic E-state index is 5.40. The van der Waals surface area contributed by atoms with Crippen molar-refractivity contribution in [1.29, 1.82) is 0 Å². The van der Waals surface area contributed by atoms with Gasteiger partial charge in [0, 0.05) is 0 Å². The van der Waals surface area contributed by atoms with Gasteiger partial charge in [-0.25, -0.2) is 0 Å². The SMILES string of the molecule is NCCCNCCCCC1C=CC=C1. The van der Waals surface area contributed by atoms with Gasteiger partial charge in [0.25, 0.3) is 0 Å². The van der Waals surface area contributed by atoms with Crippen molar-refractivity contribution in [2.45, 2.75) is 25.7 Å². The molecule has 1 aliphatic rings. The number of unbranched alkanes of at least 4 members (excludes halogenated alkanes) is 1. The fourth-order valence-corrected chi connectivity index (χ4v) is 1.65. The van der Waals surface area contributed by atoms with E-state index in [0.717, 1.165) is 26.1 Å². The predicted molar refractivity (Wildman–Crippen MR) is 62.2 cm³/mol. The standard InChI is InChI=1S/C12H22N2/c13-9-5-11-14-10-4-3-8-12-6-1-2-7-12/h1-2,6-7,12,14H,3-5,8-11,13H2. The van der Waals surface area contributed by atoms with Crippen LogP contribution >= 0.6 is 0 Å². The Labute approximate surface area is 87.3 Å². The Balaban J connectivity index is 1.80. The van der Waals surface area contributed by atoms with Crippen molar-refractivity contribution in [3.8, 4) is 0 Å². The van der Waals surface area contributed by atoms with E-state index >= 15 is 0 Å². The molecule has 0 aromatic rings. The number of hydrogen-bond acceptors (Lipinski definition) is 2. The third-order valence-electron chi connectivity index (χ3n) is 2.53. The fourth-order valence-electron chi connectivity index (χ4n) is 1.65. The Morgan fingerprint density at radius 1 is 1.00 bits per heavy atom. The van der Waals surface area contributed by atoms with Crippen molar-refractivity contribution < 1.29 is 0 Å². The Hall–Kier alpha value is -0.600. The van der Waals surface area contributed by atoms with E-state index in [0.29, 0.717) is 5.92 Å². The van der Waals surface area contributed by atoms with Crippen molar-refractivity contribution in [1.82, 2.24) is 5.32 Å². The van der Waals surface area contributed by atoms with Crippen LogP contribution in [0.15, 0.2) is 24.3 Å². The zero-order valence-electron chi connectivity index (χ0n) is 8.91. The normalized spacial score (nSPS) is 15.5. The summed E-state index contributed by atoms with van der Waals surface area (Å²) in [6.45, 7) is 3.00. The van der Waals surface area contributed by atoms with E-state index in [-0.39, 0.29) is 0 Å². The highest BCUT2D eigenvalue weighted by Gasteiger charge is 2.02. The van der Waals surface area contributed by atoms with Crippen LogP contribution in [-0.2, 0) is 0 Å². The molecule has 0 radical (unpaired) electrons. The van der Waals surface area contributed by atoms with E-state index in [1.807, 2.05) is 0 Å². The minimum atomic E-state index is 0.707. The molecular weight excluding hydrogens is 172 g/mol. The topological polar surface area (TPSA) is 38.0 Å². The molecule has 0 atom stereocenters. The van der Waals surface area contributed by atoms with Gasteiger partial charge in [0.05, 0.1) is 0 Å². The number of nitrogens with two attached hydrogens (primary N) is 1. The van der Waals surface area contributed by atoms with Crippen LogP contribution in [0.2, 0.25) is 0 Å². The van der Waals surface area contributed by atoms with Crippen LogP contribution in [0.25, 0.3) is 0 Å². The van der Waals surface area contributed by atoms with Crippen LogP contribution in [0.1, 0.15) is 25.7 Å². The predicted octanol–water partition coefficient (Wildman–Crippen LogP) is 1.84. The molecule has 0 fully saturated rings. The van der Waals surface area contributed by atoms with Crippen molar-refractivity contribution in [3.63, 3.8) is 0 Å². The zero-order chi connectivity index (χ0) is 10.1. The van der Waals surface area contributed by atoms with Gasteiger partial charge in [0.2, 0.25) is 0 Å². The molecule has 3 N–H and O–H groups in total. The van der Waals surface area contributed by atoms with Crippen LogP contribution in [0, 0.1) is 5.92 Å². The molecule has 0 heterocycles. The Bertz CT molecular complexity index is 173. The zero-order valence-corrected chi connectivity index (χ0v) is 8.91. The first-order chi connectivity index (χ1) is 6.93. The third kappa shape index (κ3) is 5.20. The molecule has 0 aromatic carbocycles. The Morgan fingerprint density at radius 3 is 2.43 bits per heavy atom. The van der Waals surface area contributed by atoms with Gasteiger partial charge in [-0.1, -0.05) is 30.7 Å². The summed E-state index contributed by atoms with van der Waals surface area (Å²) in [5.41, 5.74) is 5.40. The monoisotopic (exact) mass is 194 g/mol. The average Bonchev–Trinajstić information content (AvgIpc) is 2.69. The van der Waals surface area contributed by atoms with Gasteiger partial charge in [-0.3, -0.25) is 0 Å². The van der Waals surface area contributed by atoms with Gasteiger partial charge < -0.3 is 11.1 Å². The highest BCUT2D eigenvalue weighted by Crippen LogP contribution is 2.15. The summed E-state index contributed by atoms with van der Waals surface area (Å²) in [6.07, 6.45) is 13.8. The first-order valence-electron chi connectivity index (χ1n) is 5.69. The molecule has 14 heavy (non-hydrogen) atoms. The summed E-state index contributed by atoms with van der Waals surface area (Å²) >= 11 is 0. The summed E-state index contributed by atoms with van der Waals surface area (Å²) in [5.74, 6) is 0.707. The minimum absolute atomic E-state index is 0.707. The largest absolute Gasteiger partial charge is 0.330 e. The maximum atomic E-state index is 5.40. The molecule has 0 aliphatic heterocycles. The van der Waals surface area contributed by atoms with Crippen LogP contribution in [-0.4, -0.2) is 19.6 Å². The molecule has 0 bridgehead atoms. The van der Waals surface area contributed by atoms with Gasteiger partial charge in [0.15, 0.2) is 0 Å². The third-order valence-corrected chi connectivity index (χ3v) is 2.53. The average molecular weight is 194 g/mol. The lowest BCUT2D eigenvalue weighted by Gasteiger charge is -2.06. The molecule has 1 aliphatic carbocycles. The first-order valence-corrected chi connectivity index (χ1v) is 5.69. The lowest BCUT2D eigenvalue weighted by atomic mass is 10.0. The molecule has 80 valence electrons. The summed E-state index contributed by atoms with van der Waals surface area (Å²) in [5, 5.41) is 3.40. The lowest BCUT2D eigenvalue weighted by Crippen LogP contribution is -2.19. The fraction of sp³-hybridized carbons (Fsp3) is 0.667. The number of rotatable bonds is 8. The van der Waals surface area contributed by atoms with Crippen molar-refractivity contribution in [2.24, 2.45) is 11.7 Å². The molecule has 0 spiro atoms. The summed E-state index contributed by atoms with van der Waals surface area (Å²) in [6, 6.07) is 0. The van der Waals surface area contributed by atoms with E-state index in [1.54, 1.807) is 0 Å². The molecule has 2 nitrogen and oxygen atoms in total. The van der Waals surface area contributed by atoms with E-state index in [9.17, 15) is 0 Å². The van der Waals surface area contributed by atoms with Gasteiger partial charge in [-0.2, -0.15) is 0 Å². The molecular formula is C12H22N2. The second-order valence-corrected chi connectivity index (χ2v) is 3.82. The van der Waals surface area contributed by atoms with Crippen molar-refractivity contribution >= 4 is 0 Å². The maximum Gasteiger partial charge on any atom is -0.00369 e. The first kappa shape index (κ1) is 11.5. The van der Waals surface area contributed by atoms with Crippen LogP contribution in [0.5, 0.6) is 0 Å². The van der Waals surface area contributed by atoms with Gasteiger partial charge in [-0.05, 0) is 44.8 Å². The van der Waals surface area contributed by atoms with Crippen LogP contribution in [0.3, 0.4) is 0 Å². The van der Waals surface area contributed by atoms with Gasteiger partial charge in [-0.15, -0.1) is 0 Å². The molecule has 0 unspecified atom stereocenters. The quantitative estimate of drug-likeness (QED) is 0.579. The highest BCUT2D eigenvalue weighted by molar-refractivity contribution is 5.17. The highest BCUT2D eigenvalue weighted by atomic mass is 14.8.